The number of likely N-dealkylation sites (tertiary alicyclic amines) is 1. The number of nitrogens with zero attached hydrogens (tertiary/aromatic N) is 4. The maximum Gasteiger partial charge on any atom is 0.410 e. The summed E-state index contributed by atoms with van der Waals surface area (Å²) < 4.78 is 79.4. The van der Waals surface area contributed by atoms with Crippen LogP contribution in [0.2, 0.25) is 0 Å². The van der Waals surface area contributed by atoms with Gasteiger partial charge >= 0.3 is 6.09 Å². The second kappa shape index (κ2) is 12.6. The Morgan fingerprint density at radius 1 is 1.24 bits per heavy atom. The van der Waals surface area contributed by atoms with E-state index in [-0.39, 0.29) is 34.4 Å². The molecule has 1 N–H and O–H groups in total. The predicted molar refractivity (Wildman–Crippen MR) is 157 cm³/mol. The van der Waals surface area contributed by atoms with E-state index in [4.69, 9.17) is 14.2 Å². The first-order valence-corrected chi connectivity index (χ1v) is 15.7. The van der Waals surface area contributed by atoms with Crippen molar-refractivity contribution in [2.24, 2.45) is 0 Å². The number of sulfonamides is 1. The molecule has 228 valence electrons. The molecule has 1 aliphatic heterocycles. The number of nitrogens with one attached hydrogen (secondary N) is 1. The third-order valence-electron chi connectivity index (χ3n) is 6.24. The van der Waals surface area contributed by atoms with Gasteiger partial charge in [0.15, 0.2) is 10.7 Å². The number of aromatic nitrogens is 2. The lowest BCUT2D eigenvalue weighted by molar-refractivity contribution is 0.0293. The summed E-state index contributed by atoms with van der Waals surface area (Å²) >= 11 is 3.85. The summed E-state index contributed by atoms with van der Waals surface area (Å²) in [5.74, 6) is -1.86. The first-order chi connectivity index (χ1) is 19.7. The molecule has 1 fully saturated rings. The maximum absolute atomic E-state index is 15.8. The van der Waals surface area contributed by atoms with Gasteiger partial charge in [-0.3, -0.25) is 0 Å². The molecule has 0 saturated carbocycles. The molecule has 42 heavy (non-hydrogen) atoms. The summed E-state index contributed by atoms with van der Waals surface area (Å²) in [4.78, 5) is 16.7. The van der Waals surface area contributed by atoms with Crippen LogP contribution in [0.3, 0.4) is 0 Å². The van der Waals surface area contributed by atoms with Crippen LogP contribution in [0.5, 0.6) is 11.5 Å². The molecule has 1 atom stereocenters. The van der Waals surface area contributed by atoms with Gasteiger partial charge in [-0.2, -0.15) is 4.37 Å². The topological polar surface area (TPSA) is 123 Å². The smallest absolute Gasteiger partial charge is 0.410 e. The Bertz CT molecular complexity index is 1550. The van der Waals surface area contributed by atoms with Crippen molar-refractivity contribution in [1.82, 2.24) is 14.3 Å². The minimum Gasteiger partial charge on any atom is -0.497 e. The van der Waals surface area contributed by atoms with Crippen molar-refractivity contribution in [3.05, 3.63) is 52.3 Å². The van der Waals surface area contributed by atoms with E-state index in [2.05, 4.69) is 30.6 Å². The van der Waals surface area contributed by atoms with E-state index in [0.717, 1.165) is 28.2 Å². The highest BCUT2D eigenvalue weighted by Gasteiger charge is 2.36. The van der Waals surface area contributed by atoms with Gasteiger partial charge in [-0.15, -0.1) is 0 Å². The van der Waals surface area contributed by atoms with E-state index in [0.29, 0.717) is 30.0 Å². The maximum atomic E-state index is 15.8. The van der Waals surface area contributed by atoms with Gasteiger partial charge in [0.2, 0.25) is 5.13 Å². The van der Waals surface area contributed by atoms with Crippen LogP contribution in [0.25, 0.3) is 0 Å². The standard InChI is InChI=1S/C26H30BrF2N5O6S2/c1-26(2,3)40-25(35)33-9-8-16(13-33)32-19-11-18(28)23(22(29)21(19)27)42(36,37)34(24-30-14-31-41-24)12-15-6-7-17(38-4)10-20(15)39-5/h6-7,10-11,14,16,32H,8-9,12-13H2,1-5H3. The number of halogens is 3. The van der Waals surface area contributed by atoms with Gasteiger partial charge in [0.05, 0.1) is 30.9 Å². The Morgan fingerprint density at radius 2 is 1.98 bits per heavy atom. The van der Waals surface area contributed by atoms with Crippen LogP contribution in [-0.2, 0) is 21.3 Å². The molecule has 1 aromatic heterocycles. The van der Waals surface area contributed by atoms with Crippen LogP contribution in [0.15, 0.2) is 40.0 Å². The molecule has 1 unspecified atom stereocenters. The lowest BCUT2D eigenvalue weighted by atomic mass is 10.2. The summed E-state index contributed by atoms with van der Waals surface area (Å²) in [5, 5.41) is 2.91. The third-order valence-corrected chi connectivity index (χ3v) is 9.59. The first kappa shape index (κ1) is 31.7. The molecule has 0 aliphatic carbocycles. The number of rotatable bonds is 9. The summed E-state index contributed by atoms with van der Waals surface area (Å²) in [6.07, 6.45) is 1.14. The molecule has 3 aromatic rings. The van der Waals surface area contributed by atoms with E-state index in [9.17, 15) is 13.2 Å². The van der Waals surface area contributed by atoms with Crippen molar-refractivity contribution >= 4 is 54.4 Å². The molecule has 4 rings (SSSR count). The zero-order valence-electron chi connectivity index (χ0n) is 23.5. The minimum atomic E-state index is -4.85. The number of hydrogen-bond acceptors (Lipinski definition) is 10. The Balaban J connectivity index is 1.64. The number of carbonyl (C=O) groups excluding carboxylic acids is 1. The second-order valence-electron chi connectivity index (χ2n) is 10.3. The Kier molecular flexibility index (Phi) is 9.47. The number of amides is 1. The Hall–Kier alpha value is -3.24. The highest BCUT2D eigenvalue weighted by molar-refractivity contribution is 9.10. The van der Waals surface area contributed by atoms with Crippen molar-refractivity contribution in [2.45, 2.75) is 50.3 Å². The number of anilines is 2. The van der Waals surface area contributed by atoms with Crippen LogP contribution in [-0.4, -0.2) is 67.7 Å². The molecule has 1 amide bonds. The van der Waals surface area contributed by atoms with Crippen LogP contribution < -0.4 is 19.1 Å². The predicted octanol–water partition coefficient (Wildman–Crippen LogP) is 5.41. The van der Waals surface area contributed by atoms with Crippen LogP contribution in [0.4, 0.5) is 24.4 Å². The van der Waals surface area contributed by atoms with E-state index in [1.807, 2.05) is 0 Å². The molecule has 1 saturated heterocycles. The molecule has 0 spiro atoms. The fourth-order valence-corrected chi connectivity index (χ4v) is 7.10. The van der Waals surface area contributed by atoms with Crippen LogP contribution in [0.1, 0.15) is 32.8 Å². The van der Waals surface area contributed by atoms with Crippen molar-refractivity contribution in [1.29, 1.82) is 0 Å². The van der Waals surface area contributed by atoms with Gasteiger partial charge in [-0.1, -0.05) is 0 Å². The van der Waals surface area contributed by atoms with Gasteiger partial charge < -0.3 is 24.4 Å². The zero-order valence-corrected chi connectivity index (χ0v) is 26.7. The van der Waals surface area contributed by atoms with Crippen LogP contribution >= 0.6 is 27.5 Å². The van der Waals surface area contributed by atoms with E-state index in [1.165, 1.54) is 19.1 Å². The van der Waals surface area contributed by atoms with Crippen molar-refractivity contribution in [3.8, 4) is 11.5 Å². The highest BCUT2D eigenvalue weighted by atomic mass is 79.9. The molecule has 1 aliphatic rings. The van der Waals surface area contributed by atoms with Crippen molar-refractivity contribution in [3.63, 3.8) is 0 Å². The van der Waals surface area contributed by atoms with Gasteiger partial charge in [0.25, 0.3) is 10.0 Å². The zero-order chi connectivity index (χ0) is 30.8. The van der Waals surface area contributed by atoms with Crippen LogP contribution in [0, 0.1) is 11.6 Å². The fraction of sp³-hybridized carbons (Fsp3) is 0.423. The fourth-order valence-electron chi connectivity index (χ4n) is 4.29. The summed E-state index contributed by atoms with van der Waals surface area (Å²) in [7, 11) is -1.98. The summed E-state index contributed by atoms with van der Waals surface area (Å²) in [6, 6.07) is 5.30. The molecule has 2 heterocycles. The second-order valence-corrected chi connectivity index (χ2v) is 13.7. The SMILES string of the molecule is COc1ccc(CN(c2ncns2)S(=O)(=O)c2c(F)cc(NC3CCN(C(=O)OC(C)(C)C)C3)c(Br)c2F)c(OC)c1. The molecular formula is C26H30BrF2N5O6S2. The largest absolute Gasteiger partial charge is 0.497 e. The molecule has 2 aromatic carbocycles. The number of carbonyl (C=O) groups is 1. The first-order valence-electron chi connectivity index (χ1n) is 12.7. The highest BCUT2D eigenvalue weighted by Crippen LogP contribution is 2.38. The number of methoxy groups -OCH3 is 2. The summed E-state index contributed by atoms with van der Waals surface area (Å²) in [6.45, 7) is 5.54. The normalized spacial score (nSPS) is 15.4. The average molecular weight is 691 g/mol. The Labute approximate surface area is 255 Å². The van der Waals surface area contributed by atoms with Gasteiger partial charge in [0, 0.05) is 42.3 Å². The van der Waals surface area contributed by atoms with E-state index in [1.54, 1.807) is 39.0 Å². The lowest BCUT2D eigenvalue weighted by Crippen LogP contribution is -2.36. The van der Waals surface area contributed by atoms with Gasteiger partial charge in [-0.25, -0.2) is 31.3 Å². The molecule has 0 bridgehead atoms. The molecule has 11 nitrogen and oxygen atoms in total. The average Bonchev–Trinajstić information content (AvgIpc) is 3.62. The minimum absolute atomic E-state index is 0.000669. The lowest BCUT2D eigenvalue weighted by Gasteiger charge is -2.25. The number of hydrogen-bond donors (Lipinski definition) is 1. The molecular weight excluding hydrogens is 660 g/mol. The third kappa shape index (κ3) is 6.86. The van der Waals surface area contributed by atoms with E-state index >= 15 is 8.78 Å². The number of ether oxygens (including phenoxy) is 3. The van der Waals surface area contributed by atoms with Crippen molar-refractivity contribution < 1.29 is 36.2 Å². The number of benzene rings is 2. The molecule has 0 radical (unpaired) electrons. The van der Waals surface area contributed by atoms with E-state index < -0.39 is 38.2 Å². The van der Waals surface area contributed by atoms with Crippen molar-refractivity contribution in [2.75, 3.05) is 36.9 Å². The quantitative estimate of drug-likeness (QED) is 0.294. The summed E-state index contributed by atoms with van der Waals surface area (Å²) in [5.41, 5.74) is -0.273. The molecule has 16 heteroatoms. The Morgan fingerprint density at radius 3 is 2.60 bits per heavy atom. The van der Waals surface area contributed by atoms with Gasteiger partial charge in [-0.05, 0) is 61.3 Å². The van der Waals surface area contributed by atoms with Gasteiger partial charge in [0.1, 0.15) is 29.2 Å². The monoisotopic (exact) mass is 689 g/mol.